The molecule has 0 unspecified atom stereocenters. The second-order valence-electron chi connectivity index (χ2n) is 7.16. The van der Waals surface area contributed by atoms with Gasteiger partial charge >= 0.3 is 5.97 Å². The fourth-order valence-electron chi connectivity index (χ4n) is 4.30. The molecule has 0 amide bonds. The molecule has 21 heavy (non-hydrogen) atoms. The molecule has 3 aliphatic carbocycles. The minimum atomic E-state index is -0.541. The van der Waals surface area contributed by atoms with E-state index in [1.807, 2.05) is 0 Å². The van der Waals surface area contributed by atoms with Crippen LogP contribution in [0.5, 0.6) is 0 Å². The van der Waals surface area contributed by atoms with Crippen molar-refractivity contribution in [1.82, 2.24) is 9.80 Å². The smallest absolute Gasteiger partial charge is 0.309 e. The van der Waals surface area contributed by atoms with Gasteiger partial charge in [0, 0.05) is 32.7 Å². The molecule has 2 bridgehead atoms. The summed E-state index contributed by atoms with van der Waals surface area (Å²) in [5, 5.41) is 9.43. The van der Waals surface area contributed by atoms with Crippen LogP contribution in [0.25, 0.3) is 0 Å². The maximum Gasteiger partial charge on any atom is 0.309 e. The number of piperazine rings is 1. The van der Waals surface area contributed by atoms with Gasteiger partial charge in [-0.15, -0.1) is 24.8 Å². The summed E-state index contributed by atoms with van der Waals surface area (Å²) in [4.78, 5) is 16.5. The maximum atomic E-state index is 11.4. The molecule has 0 aromatic heterocycles. The van der Waals surface area contributed by atoms with Crippen molar-refractivity contribution in [2.75, 3.05) is 39.8 Å². The monoisotopic (exact) mass is 338 g/mol. The highest BCUT2D eigenvalue weighted by molar-refractivity contribution is 5.85. The molecule has 4 nitrogen and oxygen atoms in total. The van der Waals surface area contributed by atoms with Crippen LogP contribution in [-0.2, 0) is 4.79 Å². The summed E-state index contributed by atoms with van der Waals surface area (Å²) in [7, 11) is 2.19. The number of hydrogen-bond donors (Lipinski definition) is 1. The molecule has 0 radical (unpaired) electrons. The third kappa shape index (κ3) is 3.66. The summed E-state index contributed by atoms with van der Waals surface area (Å²) in [6.45, 7) is 5.92. The predicted octanol–water partition coefficient (Wildman–Crippen LogP) is 2.50. The summed E-state index contributed by atoms with van der Waals surface area (Å²) >= 11 is 0. The maximum absolute atomic E-state index is 11.4. The first-order valence-corrected chi connectivity index (χ1v) is 7.68. The van der Waals surface area contributed by atoms with Gasteiger partial charge in [-0.05, 0) is 51.0 Å². The second-order valence-corrected chi connectivity index (χ2v) is 7.16. The first-order valence-electron chi connectivity index (χ1n) is 7.68. The third-order valence-electron chi connectivity index (χ3n) is 6.01. The Kier molecular flexibility index (Phi) is 6.37. The molecule has 4 aliphatic rings. The molecule has 1 N–H and O–H groups in total. The Bertz CT molecular complexity index is 346. The molecule has 0 spiro atoms. The first-order chi connectivity index (χ1) is 9.04. The number of fused-ring (bicyclic) bond motifs is 3. The van der Waals surface area contributed by atoms with Crippen LogP contribution >= 0.6 is 24.8 Å². The lowest BCUT2D eigenvalue weighted by Crippen LogP contribution is -2.53. The number of likely N-dealkylation sites (N-methyl/N-ethyl adjacent to an activating group) is 1. The van der Waals surface area contributed by atoms with E-state index in [1.54, 1.807) is 0 Å². The van der Waals surface area contributed by atoms with Crippen molar-refractivity contribution >= 4 is 30.8 Å². The van der Waals surface area contributed by atoms with Crippen molar-refractivity contribution in [3.05, 3.63) is 0 Å². The second kappa shape index (κ2) is 7.03. The number of hydrogen-bond acceptors (Lipinski definition) is 3. The van der Waals surface area contributed by atoms with Gasteiger partial charge in [-0.25, -0.2) is 0 Å². The molecule has 1 saturated heterocycles. The standard InChI is InChI=1S/C15H26N2O2.2ClH/c1-16-8-10-17(11-9-16)12-14-2-5-15(6-3-14,7-4-14)13(18)19;;/h2-12H2,1H3,(H,18,19);2*1H. The highest BCUT2D eigenvalue weighted by atomic mass is 35.5. The zero-order valence-electron chi connectivity index (χ0n) is 12.8. The number of rotatable bonds is 3. The van der Waals surface area contributed by atoms with Crippen LogP contribution in [0.15, 0.2) is 0 Å². The molecule has 0 aromatic carbocycles. The molecular weight excluding hydrogens is 311 g/mol. The van der Waals surface area contributed by atoms with Crippen molar-refractivity contribution in [2.45, 2.75) is 38.5 Å². The van der Waals surface area contributed by atoms with Crippen LogP contribution in [0, 0.1) is 10.8 Å². The van der Waals surface area contributed by atoms with Crippen molar-refractivity contribution in [3.8, 4) is 0 Å². The lowest BCUT2D eigenvalue weighted by Gasteiger charge is -2.53. The van der Waals surface area contributed by atoms with Crippen LogP contribution in [0.3, 0.4) is 0 Å². The van der Waals surface area contributed by atoms with Gasteiger partial charge in [0.2, 0.25) is 0 Å². The zero-order chi connectivity index (χ0) is 13.5. The van der Waals surface area contributed by atoms with Crippen molar-refractivity contribution in [1.29, 1.82) is 0 Å². The van der Waals surface area contributed by atoms with E-state index < -0.39 is 5.97 Å². The van der Waals surface area contributed by atoms with Crippen LogP contribution in [0.2, 0.25) is 0 Å². The molecule has 0 aromatic rings. The fraction of sp³-hybridized carbons (Fsp3) is 0.933. The molecule has 6 heteroatoms. The zero-order valence-corrected chi connectivity index (χ0v) is 14.5. The van der Waals surface area contributed by atoms with Crippen LogP contribution < -0.4 is 0 Å². The molecule has 1 heterocycles. The Morgan fingerprint density at radius 3 is 1.86 bits per heavy atom. The Morgan fingerprint density at radius 1 is 0.952 bits per heavy atom. The number of carboxylic acids is 1. The molecule has 0 atom stereocenters. The number of aliphatic carboxylic acids is 1. The van der Waals surface area contributed by atoms with E-state index in [0.717, 1.165) is 38.5 Å². The Morgan fingerprint density at radius 2 is 1.43 bits per heavy atom. The number of carboxylic acid groups (broad SMARTS) is 1. The topological polar surface area (TPSA) is 43.8 Å². The average molecular weight is 339 g/mol. The fourth-order valence-corrected chi connectivity index (χ4v) is 4.30. The molecular formula is C15H28Cl2N2O2. The van der Waals surface area contributed by atoms with Crippen LogP contribution in [0.4, 0.5) is 0 Å². The lowest BCUT2D eigenvalue weighted by molar-refractivity contribution is -0.159. The summed E-state index contributed by atoms with van der Waals surface area (Å²) in [6, 6.07) is 0. The molecule has 3 saturated carbocycles. The van der Waals surface area contributed by atoms with Gasteiger partial charge in [0.15, 0.2) is 0 Å². The van der Waals surface area contributed by atoms with Crippen LogP contribution in [-0.4, -0.2) is 60.6 Å². The van der Waals surface area contributed by atoms with E-state index >= 15 is 0 Å². The van der Waals surface area contributed by atoms with Gasteiger partial charge in [-0.1, -0.05) is 0 Å². The van der Waals surface area contributed by atoms with Crippen LogP contribution in [0.1, 0.15) is 38.5 Å². The summed E-state index contributed by atoms with van der Waals surface area (Å²) in [5.41, 5.74) is 0.0803. The Hall–Kier alpha value is -0.0300. The van der Waals surface area contributed by atoms with Gasteiger partial charge in [0.1, 0.15) is 0 Å². The molecule has 4 rings (SSSR count). The Labute approximate surface area is 140 Å². The van der Waals surface area contributed by atoms with E-state index in [2.05, 4.69) is 16.8 Å². The van der Waals surface area contributed by atoms with E-state index in [4.69, 9.17) is 0 Å². The average Bonchev–Trinajstić information content (AvgIpc) is 2.43. The summed E-state index contributed by atoms with van der Waals surface area (Å²) in [5.74, 6) is -0.541. The Balaban J connectivity index is 0.00000110. The molecule has 124 valence electrons. The van der Waals surface area contributed by atoms with Gasteiger partial charge in [0.25, 0.3) is 0 Å². The van der Waals surface area contributed by atoms with Crippen molar-refractivity contribution in [3.63, 3.8) is 0 Å². The van der Waals surface area contributed by atoms with E-state index in [0.29, 0.717) is 5.41 Å². The van der Waals surface area contributed by atoms with E-state index in [-0.39, 0.29) is 30.2 Å². The number of carbonyl (C=O) groups is 1. The number of halogens is 2. The van der Waals surface area contributed by atoms with Gasteiger partial charge < -0.3 is 14.9 Å². The lowest BCUT2D eigenvalue weighted by atomic mass is 9.53. The third-order valence-corrected chi connectivity index (χ3v) is 6.01. The predicted molar refractivity (Wildman–Crippen MR) is 88.6 cm³/mol. The minimum Gasteiger partial charge on any atom is -0.481 e. The summed E-state index contributed by atoms with van der Waals surface area (Å²) < 4.78 is 0. The highest BCUT2D eigenvalue weighted by Crippen LogP contribution is 2.57. The van der Waals surface area contributed by atoms with Gasteiger partial charge in [-0.3, -0.25) is 4.79 Å². The quantitative estimate of drug-likeness (QED) is 0.858. The minimum absolute atomic E-state index is 0. The van der Waals surface area contributed by atoms with E-state index in [1.165, 1.54) is 32.7 Å². The first kappa shape index (κ1) is 19.0. The summed E-state index contributed by atoms with van der Waals surface area (Å²) in [6.07, 6.45) is 6.13. The van der Waals surface area contributed by atoms with Crippen molar-refractivity contribution < 1.29 is 9.90 Å². The normalized spacial score (nSPS) is 36.6. The molecule has 1 aliphatic heterocycles. The number of nitrogens with zero attached hydrogens (tertiary/aromatic N) is 2. The largest absolute Gasteiger partial charge is 0.481 e. The SMILES string of the molecule is CN1CCN(CC23CCC(C(=O)O)(CC2)CC3)CC1.Cl.Cl. The van der Waals surface area contributed by atoms with Crippen molar-refractivity contribution in [2.24, 2.45) is 10.8 Å². The van der Waals surface area contributed by atoms with Gasteiger partial charge in [0.05, 0.1) is 5.41 Å². The molecule has 4 fully saturated rings. The van der Waals surface area contributed by atoms with Gasteiger partial charge in [-0.2, -0.15) is 0 Å². The highest BCUT2D eigenvalue weighted by Gasteiger charge is 2.52. The van der Waals surface area contributed by atoms with E-state index in [9.17, 15) is 9.90 Å².